The summed E-state index contributed by atoms with van der Waals surface area (Å²) >= 11 is 2.07. The summed E-state index contributed by atoms with van der Waals surface area (Å²) in [5.41, 5.74) is 0. The van der Waals surface area contributed by atoms with Crippen LogP contribution in [0.1, 0.15) is 38.5 Å². The third kappa shape index (κ3) is 9.21. The third-order valence-corrected chi connectivity index (χ3v) is 3.77. The molecular weight excluding hydrogens is 206 g/mol. The number of ether oxygens (including phenoxy) is 1. The Morgan fingerprint density at radius 1 is 0.733 bits per heavy atom. The Morgan fingerprint density at radius 3 is 1.53 bits per heavy atom. The van der Waals surface area contributed by atoms with Crippen LogP contribution in [0.15, 0.2) is 0 Å². The van der Waals surface area contributed by atoms with E-state index in [-0.39, 0.29) is 0 Å². The number of hydrogen-bond donors (Lipinski definition) is 1. The van der Waals surface area contributed by atoms with Crippen LogP contribution < -0.4 is 5.32 Å². The van der Waals surface area contributed by atoms with Crippen molar-refractivity contribution < 1.29 is 4.74 Å². The molecule has 0 spiro atoms. The maximum Gasteiger partial charge on any atom is 0.0466 e. The summed E-state index contributed by atoms with van der Waals surface area (Å²) in [4.78, 5) is 0. The van der Waals surface area contributed by atoms with E-state index in [1.54, 1.807) is 0 Å². The van der Waals surface area contributed by atoms with Gasteiger partial charge in [0.1, 0.15) is 0 Å². The summed E-state index contributed by atoms with van der Waals surface area (Å²) in [5, 5.41) is 3.22. The molecule has 3 aliphatic rings. The molecule has 3 rings (SSSR count). The van der Waals surface area contributed by atoms with Crippen molar-refractivity contribution in [2.24, 2.45) is 0 Å². The van der Waals surface area contributed by atoms with Crippen LogP contribution >= 0.6 is 11.8 Å². The predicted octanol–water partition coefficient (Wildman–Crippen LogP) is 2.68. The summed E-state index contributed by atoms with van der Waals surface area (Å²) < 4.78 is 4.94. The number of rotatable bonds is 0. The highest BCUT2D eigenvalue weighted by Gasteiger charge is 1.95. The second-order valence-corrected chi connectivity index (χ2v) is 5.32. The standard InChI is InChI=1S/C4H9N.C4H8O.C4H8S/c3*1-2-4-5-3-1/h5H,1-4H2;2*1-4H2. The lowest BCUT2D eigenvalue weighted by Crippen LogP contribution is -2.03. The quantitative estimate of drug-likeness (QED) is 0.692. The molecule has 0 aliphatic carbocycles. The largest absolute Gasteiger partial charge is 0.381 e. The first-order valence-corrected chi connectivity index (χ1v) is 7.52. The first kappa shape index (κ1) is 13.3. The zero-order valence-electron chi connectivity index (χ0n) is 9.80. The van der Waals surface area contributed by atoms with E-state index in [0.717, 1.165) is 13.2 Å². The lowest BCUT2D eigenvalue weighted by Gasteiger charge is -1.76. The average Bonchev–Trinajstić information content (AvgIpc) is 3.09. The molecule has 3 heterocycles. The van der Waals surface area contributed by atoms with Gasteiger partial charge in [0.15, 0.2) is 0 Å². The van der Waals surface area contributed by atoms with E-state index in [0.29, 0.717) is 0 Å². The van der Waals surface area contributed by atoms with Gasteiger partial charge in [0.2, 0.25) is 0 Å². The Labute approximate surface area is 98.5 Å². The molecule has 0 amide bonds. The zero-order chi connectivity index (χ0) is 10.6. The van der Waals surface area contributed by atoms with Gasteiger partial charge in [0, 0.05) is 13.2 Å². The second kappa shape index (κ2) is 10.8. The average molecular weight is 231 g/mol. The number of hydrogen-bond acceptors (Lipinski definition) is 3. The molecule has 3 fully saturated rings. The minimum Gasteiger partial charge on any atom is -0.381 e. The lowest BCUT2D eigenvalue weighted by atomic mass is 10.4. The number of thioether (sulfide) groups is 1. The molecule has 3 heteroatoms. The first-order valence-electron chi connectivity index (χ1n) is 6.36. The smallest absolute Gasteiger partial charge is 0.0466 e. The fourth-order valence-electron chi connectivity index (χ4n) is 1.65. The van der Waals surface area contributed by atoms with E-state index < -0.39 is 0 Å². The highest BCUT2D eigenvalue weighted by atomic mass is 32.2. The van der Waals surface area contributed by atoms with E-state index in [9.17, 15) is 0 Å². The van der Waals surface area contributed by atoms with Gasteiger partial charge in [-0.3, -0.25) is 0 Å². The minimum atomic E-state index is 1.00. The van der Waals surface area contributed by atoms with Gasteiger partial charge >= 0.3 is 0 Å². The van der Waals surface area contributed by atoms with Crippen molar-refractivity contribution in [1.82, 2.24) is 5.32 Å². The predicted molar refractivity (Wildman–Crippen MR) is 68.7 cm³/mol. The molecule has 0 aromatic heterocycles. The van der Waals surface area contributed by atoms with Gasteiger partial charge in [0.25, 0.3) is 0 Å². The summed E-state index contributed by atoms with van der Waals surface area (Å²) in [5.74, 6) is 2.83. The summed E-state index contributed by atoms with van der Waals surface area (Å²) in [6, 6.07) is 0. The Morgan fingerprint density at radius 2 is 1.33 bits per heavy atom. The molecule has 0 aromatic rings. The van der Waals surface area contributed by atoms with Gasteiger partial charge in [-0.05, 0) is 63.1 Å². The van der Waals surface area contributed by atoms with E-state index in [1.807, 2.05) is 0 Å². The molecule has 90 valence electrons. The second-order valence-electron chi connectivity index (χ2n) is 4.10. The van der Waals surface area contributed by atoms with E-state index in [1.165, 1.54) is 63.1 Å². The molecule has 0 bridgehead atoms. The Kier molecular flexibility index (Phi) is 9.58. The molecule has 0 aromatic carbocycles. The molecule has 0 unspecified atom stereocenters. The van der Waals surface area contributed by atoms with Crippen molar-refractivity contribution in [3.8, 4) is 0 Å². The summed E-state index contributed by atoms with van der Waals surface area (Å²) in [6.45, 7) is 4.50. The van der Waals surface area contributed by atoms with Crippen molar-refractivity contribution in [2.75, 3.05) is 37.8 Å². The monoisotopic (exact) mass is 231 g/mol. The fourth-order valence-corrected chi connectivity index (χ4v) is 2.67. The minimum absolute atomic E-state index is 1.00. The molecule has 3 aliphatic heterocycles. The fraction of sp³-hybridized carbons (Fsp3) is 1.00. The van der Waals surface area contributed by atoms with Crippen LogP contribution in [0.25, 0.3) is 0 Å². The molecule has 1 N–H and O–H groups in total. The van der Waals surface area contributed by atoms with Crippen molar-refractivity contribution in [3.05, 3.63) is 0 Å². The number of nitrogens with one attached hydrogen (secondary N) is 1. The SMILES string of the molecule is C1CCNC1.C1CCOC1.C1CCSC1. The summed E-state index contributed by atoms with van der Waals surface area (Å²) in [6.07, 6.45) is 8.26. The van der Waals surface area contributed by atoms with Crippen LogP contribution in [0.2, 0.25) is 0 Å². The maximum atomic E-state index is 4.94. The van der Waals surface area contributed by atoms with Crippen LogP contribution in [0.3, 0.4) is 0 Å². The molecule has 0 saturated carbocycles. The van der Waals surface area contributed by atoms with Gasteiger partial charge in [-0.2, -0.15) is 11.8 Å². The van der Waals surface area contributed by atoms with Gasteiger partial charge < -0.3 is 10.1 Å². The Hall–Kier alpha value is 0.270. The van der Waals surface area contributed by atoms with E-state index in [2.05, 4.69) is 17.1 Å². The van der Waals surface area contributed by atoms with Gasteiger partial charge in [-0.25, -0.2) is 0 Å². The van der Waals surface area contributed by atoms with Crippen molar-refractivity contribution >= 4 is 11.8 Å². The molecule has 2 nitrogen and oxygen atoms in total. The van der Waals surface area contributed by atoms with E-state index >= 15 is 0 Å². The van der Waals surface area contributed by atoms with E-state index in [4.69, 9.17) is 4.74 Å². The van der Waals surface area contributed by atoms with Crippen LogP contribution in [0, 0.1) is 0 Å². The zero-order valence-corrected chi connectivity index (χ0v) is 10.6. The third-order valence-electron chi connectivity index (χ3n) is 2.61. The highest BCUT2D eigenvalue weighted by molar-refractivity contribution is 7.99. The van der Waals surface area contributed by atoms with Crippen molar-refractivity contribution in [2.45, 2.75) is 38.5 Å². The van der Waals surface area contributed by atoms with Crippen LogP contribution in [0.4, 0.5) is 0 Å². The first-order chi connectivity index (χ1) is 7.50. The van der Waals surface area contributed by atoms with Gasteiger partial charge in [-0.15, -0.1) is 0 Å². The van der Waals surface area contributed by atoms with Gasteiger partial charge in [0.05, 0.1) is 0 Å². The molecule has 15 heavy (non-hydrogen) atoms. The van der Waals surface area contributed by atoms with Crippen molar-refractivity contribution in [1.29, 1.82) is 0 Å². The van der Waals surface area contributed by atoms with Crippen LogP contribution in [0.5, 0.6) is 0 Å². The maximum absolute atomic E-state index is 4.94. The molecule has 3 saturated heterocycles. The highest BCUT2D eigenvalue weighted by Crippen LogP contribution is 2.14. The van der Waals surface area contributed by atoms with Crippen LogP contribution in [-0.2, 0) is 4.74 Å². The molecular formula is C12H25NOS. The molecule has 0 atom stereocenters. The van der Waals surface area contributed by atoms with Gasteiger partial charge in [-0.1, -0.05) is 0 Å². The van der Waals surface area contributed by atoms with Crippen molar-refractivity contribution in [3.63, 3.8) is 0 Å². The molecule has 0 radical (unpaired) electrons. The lowest BCUT2D eigenvalue weighted by molar-refractivity contribution is 0.198. The Balaban J connectivity index is 0.000000112. The summed E-state index contributed by atoms with van der Waals surface area (Å²) in [7, 11) is 0. The topological polar surface area (TPSA) is 21.3 Å². The Bertz CT molecular complexity index is 74.2. The normalized spacial score (nSPS) is 24.0. The van der Waals surface area contributed by atoms with Crippen LogP contribution in [-0.4, -0.2) is 37.8 Å².